The SMILES string of the molecule is NC(=O)NC(=O)COC(=O)CSc1ccccc1. The topological polar surface area (TPSA) is 98.5 Å². The van der Waals surface area contributed by atoms with Gasteiger partial charge >= 0.3 is 12.0 Å². The van der Waals surface area contributed by atoms with Crippen molar-refractivity contribution in [3.8, 4) is 0 Å². The molecule has 3 N–H and O–H groups in total. The van der Waals surface area contributed by atoms with Gasteiger partial charge < -0.3 is 10.5 Å². The van der Waals surface area contributed by atoms with Crippen LogP contribution in [0.15, 0.2) is 35.2 Å². The summed E-state index contributed by atoms with van der Waals surface area (Å²) in [5.41, 5.74) is 4.72. The number of benzene rings is 1. The third kappa shape index (κ3) is 5.90. The van der Waals surface area contributed by atoms with E-state index in [4.69, 9.17) is 5.73 Å². The zero-order valence-corrected chi connectivity index (χ0v) is 10.2. The van der Waals surface area contributed by atoms with Crippen LogP contribution in [0.5, 0.6) is 0 Å². The molecule has 0 saturated heterocycles. The van der Waals surface area contributed by atoms with Crippen LogP contribution in [0.2, 0.25) is 0 Å². The van der Waals surface area contributed by atoms with Crippen molar-refractivity contribution in [2.75, 3.05) is 12.4 Å². The minimum atomic E-state index is -0.977. The van der Waals surface area contributed by atoms with Gasteiger partial charge in [0.05, 0.1) is 5.75 Å². The summed E-state index contributed by atoms with van der Waals surface area (Å²) in [7, 11) is 0. The van der Waals surface area contributed by atoms with Crippen LogP contribution in [0, 0.1) is 0 Å². The summed E-state index contributed by atoms with van der Waals surface area (Å²) in [6.45, 7) is -0.517. The highest BCUT2D eigenvalue weighted by atomic mass is 32.2. The summed E-state index contributed by atoms with van der Waals surface area (Å²) >= 11 is 1.30. The Hall–Kier alpha value is -2.02. The van der Waals surface area contributed by atoms with E-state index in [1.807, 2.05) is 30.3 Å². The molecule has 0 radical (unpaired) electrons. The average molecular weight is 268 g/mol. The van der Waals surface area contributed by atoms with E-state index in [2.05, 4.69) is 4.74 Å². The average Bonchev–Trinajstić information content (AvgIpc) is 2.34. The first-order chi connectivity index (χ1) is 8.58. The van der Waals surface area contributed by atoms with E-state index < -0.39 is 24.5 Å². The number of nitrogens with one attached hydrogen (secondary N) is 1. The van der Waals surface area contributed by atoms with E-state index in [-0.39, 0.29) is 5.75 Å². The molecule has 0 heterocycles. The lowest BCUT2D eigenvalue weighted by molar-refractivity contribution is -0.145. The standard InChI is InChI=1S/C11H12N2O4S/c12-11(16)13-9(14)6-17-10(15)7-18-8-4-2-1-3-5-8/h1-5H,6-7H2,(H3,12,13,14,16). The predicted molar refractivity (Wildman–Crippen MR) is 65.9 cm³/mol. The van der Waals surface area contributed by atoms with Crippen LogP contribution in [0.25, 0.3) is 0 Å². The van der Waals surface area contributed by atoms with Crippen molar-refractivity contribution in [1.29, 1.82) is 0 Å². The highest BCUT2D eigenvalue weighted by Gasteiger charge is 2.09. The quantitative estimate of drug-likeness (QED) is 0.599. The molecule has 0 fully saturated rings. The lowest BCUT2D eigenvalue weighted by Crippen LogP contribution is -2.37. The maximum Gasteiger partial charge on any atom is 0.318 e. The first kappa shape index (κ1) is 14.0. The van der Waals surface area contributed by atoms with Crippen molar-refractivity contribution in [3.63, 3.8) is 0 Å². The molecule has 0 aliphatic heterocycles. The summed E-state index contributed by atoms with van der Waals surface area (Å²) in [5.74, 6) is -1.20. The Bertz CT molecular complexity index is 436. The fourth-order valence-electron chi connectivity index (χ4n) is 1.02. The van der Waals surface area contributed by atoms with E-state index in [9.17, 15) is 14.4 Å². The van der Waals surface area contributed by atoms with E-state index in [1.54, 1.807) is 5.32 Å². The van der Waals surface area contributed by atoms with E-state index in [0.29, 0.717) is 0 Å². The van der Waals surface area contributed by atoms with Gasteiger partial charge in [0.15, 0.2) is 6.61 Å². The number of carbonyl (C=O) groups is 3. The lowest BCUT2D eigenvalue weighted by atomic mass is 10.4. The van der Waals surface area contributed by atoms with Crippen LogP contribution >= 0.6 is 11.8 Å². The summed E-state index contributed by atoms with van der Waals surface area (Å²) < 4.78 is 4.65. The molecule has 1 aromatic rings. The third-order valence-corrected chi connectivity index (χ3v) is 2.71. The van der Waals surface area contributed by atoms with Gasteiger partial charge in [0.1, 0.15) is 0 Å². The minimum Gasteiger partial charge on any atom is -0.455 e. The van der Waals surface area contributed by atoms with Crippen molar-refractivity contribution >= 4 is 29.7 Å². The molecule has 18 heavy (non-hydrogen) atoms. The molecule has 7 heteroatoms. The van der Waals surface area contributed by atoms with Gasteiger partial charge in [0.25, 0.3) is 5.91 Å². The van der Waals surface area contributed by atoms with Crippen molar-refractivity contribution in [2.24, 2.45) is 5.73 Å². The number of urea groups is 1. The maximum atomic E-state index is 11.3. The number of hydrogen-bond donors (Lipinski definition) is 2. The molecule has 0 spiro atoms. The predicted octanol–water partition coefficient (Wildman–Crippen LogP) is 0.517. The van der Waals surface area contributed by atoms with Crippen molar-refractivity contribution < 1.29 is 19.1 Å². The Morgan fingerprint density at radius 2 is 1.89 bits per heavy atom. The van der Waals surface area contributed by atoms with Crippen LogP contribution in [-0.2, 0) is 14.3 Å². The first-order valence-electron chi connectivity index (χ1n) is 5.00. The Balaban J connectivity index is 2.22. The molecular formula is C11H12N2O4S. The second kappa shape index (κ2) is 7.33. The first-order valence-corrected chi connectivity index (χ1v) is 5.99. The third-order valence-electron chi connectivity index (χ3n) is 1.73. The molecule has 6 nitrogen and oxygen atoms in total. The number of ether oxygens (including phenoxy) is 1. The monoisotopic (exact) mass is 268 g/mol. The fourth-order valence-corrected chi connectivity index (χ4v) is 1.74. The van der Waals surface area contributed by atoms with Crippen LogP contribution in [0.1, 0.15) is 0 Å². The number of amides is 3. The molecule has 0 saturated carbocycles. The summed E-state index contributed by atoms with van der Waals surface area (Å²) in [6, 6.07) is 8.32. The molecule has 1 rings (SSSR count). The smallest absolute Gasteiger partial charge is 0.318 e. The van der Waals surface area contributed by atoms with Gasteiger partial charge in [-0.2, -0.15) is 0 Å². The van der Waals surface area contributed by atoms with Crippen LogP contribution < -0.4 is 11.1 Å². The Morgan fingerprint density at radius 3 is 2.50 bits per heavy atom. The lowest BCUT2D eigenvalue weighted by Gasteiger charge is -2.04. The second-order valence-corrected chi connectivity index (χ2v) is 4.22. The van der Waals surface area contributed by atoms with Crippen molar-refractivity contribution in [3.05, 3.63) is 30.3 Å². The zero-order valence-electron chi connectivity index (χ0n) is 9.42. The molecule has 0 atom stereocenters. The van der Waals surface area contributed by atoms with Gasteiger partial charge in [-0.3, -0.25) is 14.9 Å². The van der Waals surface area contributed by atoms with Crippen LogP contribution in [-0.4, -0.2) is 30.3 Å². The van der Waals surface area contributed by atoms with Crippen molar-refractivity contribution in [2.45, 2.75) is 4.90 Å². The Kier molecular flexibility index (Phi) is 5.72. The van der Waals surface area contributed by atoms with Gasteiger partial charge in [-0.15, -0.1) is 11.8 Å². The number of esters is 1. The number of rotatable bonds is 5. The number of nitrogens with two attached hydrogens (primary N) is 1. The summed E-state index contributed by atoms with van der Waals surface area (Å²) in [4.78, 5) is 33.4. The number of hydrogen-bond acceptors (Lipinski definition) is 5. The molecule has 96 valence electrons. The molecule has 0 unspecified atom stereocenters. The largest absolute Gasteiger partial charge is 0.455 e. The highest BCUT2D eigenvalue weighted by molar-refractivity contribution is 8.00. The van der Waals surface area contributed by atoms with Gasteiger partial charge in [-0.1, -0.05) is 18.2 Å². The van der Waals surface area contributed by atoms with Gasteiger partial charge in [0, 0.05) is 4.90 Å². The number of carbonyl (C=O) groups excluding carboxylic acids is 3. The second-order valence-electron chi connectivity index (χ2n) is 3.17. The molecule has 0 bridgehead atoms. The van der Waals surface area contributed by atoms with Crippen LogP contribution in [0.3, 0.4) is 0 Å². The number of primary amides is 1. The minimum absolute atomic E-state index is 0.0911. The summed E-state index contributed by atoms with van der Waals surface area (Å²) in [5, 5.41) is 1.79. The highest BCUT2D eigenvalue weighted by Crippen LogP contribution is 2.16. The van der Waals surface area contributed by atoms with Gasteiger partial charge in [0.2, 0.25) is 0 Å². The van der Waals surface area contributed by atoms with Crippen molar-refractivity contribution in [1.82, 2.24) is 5.32 Å². The zero-order chi connectivity index (χ0) is 13.4. The molecule has 3 amide bonds. The van der Waals surface area contributed by atoms with E-state index in [1.165, 1.54) is 11.8 Å². The number of imide groups is 1. The maximum absolute atomic E-state index is 11.3. The molecule has 0 aromatic heterocycles. The van der Waals surface area contributed by atoms with Crippen LogP contribution in [0.4, 0.5) is 4.79 Å². The molecule has 0 aliphatic carbocycles. The van der Waals surface area contributed by atoms with E-state index in [0.717, 1.165) is 4.90 Å². The van der Waals surface area contributed by atoms with E-state index >= 15 is 0 Å². The Morgan fingerprint density at radius 1 is 1.22 bits per heavy atom. The molecule has 0 aliphatic rings. The fraction of sp³-hybridized carbons (Fsp3) is 0.182. The Labute approximate surface area is 108 Å². The normalized spacial score (nSPS) is 9.56. The van der Waals surface area contributed by atoms with Gasteiger partial charge in [-0.25, -0.2) is 4.79 Å². The van der Waals surface area contributed by atoms with Gasteiger partial charge in [-0.05, 0) is 12.1 Å². The molecule has 1 aromatic carbocycles. The number of thioether (sulfide) groups is 1. The summed E-state index contributed by atoms with van der Waals surface area (Å²) in [6.07, 6.45) is 0. The molecular weight excluding hydrogens is 256 g/mol.